The summed E-state index contributed by atoms with van der Waals surface area (Å²) in [5.74, 6) is 7.15. The summed E-state index contributed by atoms with van der Waals surface area (Å²) in [7, 11) is 0. The van der Waals surface area contributed by atoms with Crippen molar-refractivity contribution in [2.45, 2.75) is 41.0 Å². The van der Waals surface area contributed by atoms with Gasteiger partial charge in [0, 0.05) is 0 Å². The minimum atomic E-state index is 0.876. The Balaban J connectivity index is 2.00. The molecule has 0 aromatic carbocycles. The van der Waals surface area contributed by atoms with Crippen LogP contribution in [0.1, 0.15) is 41.0 Å². The molecule has 0 aliphatic heterocycles. The lowest BCUT2D eigenvalue weighted by molar-refractivity contribution is -0.165. The third kappa shape index (κ3) is 1.17. The van der Waals surface area contributed by atoms with Gasteiger partial charge in [-0.2, -0.15) is 0 Å². The summed E-state index contributed by atoms with van der Waals surface area (Å²) >= 11 is 0. The summed E-state index contributed by atoms with van der Waals surface area (Å²) in [6.45, 7) is 12.2. The number of rotatable bonds is 2. The van der Waals surface area contributed by atoms with E-state index >= 15 is 0 Å². The van der Waals surface area contributed by atoms with Crippen LogP contribution in [0.25, 0.3) is 0 Å². The van der Waals surface area contributed by atoms with Crippen molar-refractivity contribution in [2.75, 3.05) is 0 Å². The van der Waals surface area contributed by atoms with E-state index in [1.165, 1.54) is 6.42 Å². The molecule has 76 valence electrons. The smallest absolute Gasteiger partial charge is 0.0323 e. The number of hydrogen-bond donors (Lipinski definition) is 0. The Labute approximate surface area is 83.1 Å². The van der Waals surface area contributed by atoms with Gasteiger partial charge in [-0.25, -0.2) is 0 Å². The molecule has 0 heteroatoms. The van der Waals surface area contributed by atoms with Gasteiger partial charge in [0.1, 0.15) is 0 Å². The van der Waals surface area contributed by atoms with Gasteiger partial charge < -0.3 is 0 Å². The van der Waals surface area contributed by atoms with E-state index in [4.69, 9.17) is 0 Å². The monoisotopic (exact) mass is 180 g/mol. The summed E-state index contributed by atoms with van der Waals surface area (Å²) in [4.78, 5) is 0. The van der Waals surface area contributed by atoms with Gasteiger partial charge in [-0.15, -0.1) is 0 Å². The average Bonchev–Trinajstić information content (AvgIpc) is 2.06. The molecule has 0 spiro atoms. The fourth-order valence-electron chi connectivity index (χ4n) is 3.96. The van der Waals surface area contributed by atoms with Crippen LogP contribution in [0, 0.1) is 41.4 Å². The summed E-state index contributed by atoms with van der Waals surface area (Å²) < 4.78 is 0. The maximum Gasteiger partial charge on any atom is -0.0323 e. The molecule has 6 atom stereocenters. The predicted molar refractivity (Wildman–Crippen MR) is 57.4 cm³/mol. The molecule has 2 saturated carbocycles. The van der Waals surface area contributed by atoms with Crippen molar-refractivity contribution in [3.8, 4) is 0 Å². The van der Waals surface area contributed by atoms with E-state index in [1.807, 2.05) is 0 Å². The molecule has 2 aliphatic carbocycles. The molecule has 0 nitrogen and oxygen atoms in total. The van der Waals surface area contributed by atoms with E-state index in [1.54, 1.807) is 0 Å². The highest BCUT2D eigenvalue weighted by molar-refractivity contribution is 5.06. The average molecular weight is 180 g/mol. The van der Waals surface area contributed by atoms with Gasteiger partial charge in [-0.1, -0.05) is 34.6 Å². The summed E-state index contributed by atoms with van der Waals surface area (Å²) in [5.41, 5.74) is 0. The molecule has 0 aromatic heterocycles. The van der Waals surface area contributed by atoms with Crippen LogP contribution in [0.2, 0.25) is 0 Å². The maximum absolute atomic E-state index is 2.48. The van der Waals surface area contributed by atoms with Gasteiger partial charge in [0.25, 0.3) is 0 Å². The van der Waals surface area contributed by atoms with E-state index in [0.29, 0.717) is 0 Å². The standard InChI is InChI=1S/C13H24/c1-7(2)9(4)13-10(5)11-6-8(3)12(11)13/h7-13H,6H2,1-5H3. The Hall–Kier alpha value is 0. The summed E-state index contributed by atoms with van der Waals surface area (Å²) in [5, 5.41) is 0. The zero-order valence-corrected chi connectivity index (χ0v) is 9.75. The van der Waals surface area contributed by atoms with Crippen LogP contribution in [-0.2, 0) is 0 Å². The van der Waals surface area contributed by atoms with Crippen molar-refractivity contribution in [1.82, 2.24) is 0 Å². The first-order chi connectivity index (χ1) is 6.04. The van der Waals surface area contributed by atoms with Crippen molar-refractivity contribution < 1.29 is 0 Å². The normalized spacial score (nSPS) is 50.8. The number of fused-ring (bicyclic) bond motifs is 1. The van der Waals surface area contributed by atoms with Crippen molar-refractivity contribution >= 4 is 0 Å². The molecule has 0 amide bonds. The predicted octanol–water partition coefficient (Wildman–Crippen LogP) is 3.82. The van der Waals surface area contributed by atoms with E-state index < -0.39 is 0 Å². The van der Waals surface area contributed by atoms with Crippen LogP contribution >= 0.6 is 0 Å². The second-order valence-electron chi connectivity index (χ2n) is 5.99. The SMILES string of the molecule is CC(C)C(C)C1C(C)C2CC(C)C21. The molecule has 0 aromatic rings. The molecule has 0 bridgehead atoms. The highest BCUT2D eigenvalue weighted by atomic mass is 14.6. The first-order valence-electron chi connectivity index (χ1n) is 6.04. The molecular formula is C13H24. The minimum Gasteiger partial charge on any atom is -0.0625 e. The molecular weight excluding hydrogens is 156 g/mol. The second-order valence-corrected chi connectivity index (χ2v) is 5.99. The molecule has 6 unspecified atom stereocenters. The largest absolute Gasteiger partial charge is 0.0625 e. The van der Waals surface area contributed by atoms with Crippen LogP contribution in [0.5, 0.6) is 0 Å². The van der Waals surface area contributed by atoms with Crippen molar-refractivity contribution in [2.24, 2.45) is 41.4 Å². The molecule has 13 heavy (non-hydrogen) atoms. The maximum atomic E-state index is 2.48. The molecule has 0 saturated heterocycles. The van der Waals surface area contributed by atoms with Crippen molar-refractivity contribution in [3.05, 3.63) is 0 Å². The zero-order valence-electron chi connectivity index (χ0n) is 9.75. The van der Waals surface area contributed by atoms with Gasteiger partial charge >= 0.3 is 0 Å². The Morgan fingerprint density at radius 3 is 2.15 bits per heavy atom. The third-order valence-corrected chi connectivity index (χ3v) is 5.18. The van der Waals surface area contributed by atoms with Crippen LogP contribution in [0.15, 0.2) is 0 Å². The van der Waals surface area contributed by atoms with Crippen molar-refractivity contribution in [3.63, 3.8) is 0 Å². The van der Waals surface area contributed by atoms with Crippen molar-refractivity contribution in [1.29, 1.82) is 0 Å². The molecule has 2 rings (SSSR count). The van der Waals surface area contributed by atoms with Gasteiger partial charge in [0.2, 0.25) is 0 Å². The Morgan fingerprint density at radius 2 is 1.69 bits per heavy atom. The highest BCUT2D eigenvalue weighted by Crippen LogP contribution is 2.64. The molecule has 0 heterocycles. The molecule has 2 aliphatic rings. The first kappa shape index (κ1) is 9.55. The fourth-order valence-corrected chi connectivity index (χ4v) is 3.96. The van der Waals surface area contributed by atoms with Crippen LogP contribution in [-0.4, -0.2) is 0 Å². The molecule has 0 radical (unpaired) electrons. The zero-order chi connectivity index (χ0) is 9.75. The lowest BCUT2D eigenvalue weighted by atomic mass is 9.40. The highest BCUT2D eigenvalue weighted by Gasteiger charge is 2.58. The van der Waals surface area contributed by atoms with Gasteiger partial charge in [-0.3, -0.25) is 0 Å². The summed E-state index contributed by atoms with van der Waals surface area (Å²) in [6, 6.07) is 0. The Bertz CT molecular complexity index is 187. The van der Waals surface area contributed by atoms with Gasteiger partial charge in [0.05, 0.1) is 0 Å². The lowest BCUT2D eigenvalue weighted by Crippen LogP contribution is -2.59. The topological polar surface area (TPSA) is 0 Å². The van der Waals surface area contributed by atoms with E-state index in [0.717, 1.165) is 41.4 Å². The van der Waals surface area contributed by atoms with Crippen LogP contribution in [0.4, 0.5) is 0 Å². The molecule has 2 fully saturated rings. The first-order valence-corrected chi connectivity index (χ1v) is 6.04. The fraction of sp³-hybridized carbons (Fsp3) is 1.00. The Morgan fingerprint density at radius 1 is 1.08 bits per heavy atom. The minimum absolute atomic E-state index is 0.876. The van der Waals surface area contributed by atoms with Gasteiger partial charge in [-0.05, 0) is 47.8 Å². The summed E-state index contributed by atoms with van der Waals surface area (Å²) in [6.07, 6.45) is 1.52. The number of hydrogen-bond acceptors (Lipinski definition) is 0. The van der Waals surface area contributed by atoms with Crippen LogP contribution in [0.3, 0.4) is 0 Å². The second kappa shape index (κ2) is 3.00. The van der Waals surface area contributed by atoms with Crippen LogP contribution < -0.4 is 0 Å². The van der Waals surface area contributed by atoms with E-state index in [9.17, 15) is 0 Å². The lowest BCUT2D eigenvalue weighted by Gasteiger charge is -2.64. The Kier molecular flexibility index (Phi) is 2.20. The quantitative estimate of drug-likeness (QED) is 0.606. The van der Waals surface area contributed by atoms with Gasteiger partial charge in [0.15, 0.2) is 0 Å². The molecule has 0 N–H and O–H groups in total. The van der Waals surface area contributed by atoms with E-state index in [-0.39, 0.29) is 0 Å². The third-order valence-electron chi connectivity index (χ3n) is 5.18. The van der Waals surface area contributed by atoms with E-state index in [2.05, 4.69) is 34.6 Å².